The Morgan fingerprint density at radius 2 is 2.26 bits per heavy atom. The molecule has 0 atom stereocenters. The van der Waals surface area contributed by atoms with Gasteiger partial charge < -0.3 is 4.90 Å². The van der Waals surface area contributed by atoms with E-state index in [9.17, 15) is 18.0 Å². The number of carbonyl (C=O) groups is 1. The number of H-pyrrole nitrogens is 1. The number of nitrogens with zero attached hydrogens (tertiary/aromatic N) is 3. The minimum atomic E-state index is -4.27. The van der Waals surface area contributed by atoms with Gasteiger partial charge in [-0.05, 0) is 12.1 Å². The van der Waals surface area contributed by atoms with E-state index >= 15 is 0 Å². The van der Waals surface area contributed by atoms with Crippen LogP contribution in [-0.4, -0.2) is 44.5 Å². The van der Waals surface area contributed by atoms with Crippen molar-refractivity contribution in [2.75, 3.05) is 12.3 Å². The van der Waals surface area contributed by atoms with Crippen molar-refractivity contribution in [3.8, 4) is 0 Å². The van der Waals surface area contributed by atoms with Gasteiger partial charge in [-0.15, -0.1) is 0 Å². The van der Waals surface area contributed by atoms with Gasteiger partial charge in [0.1, 0.15) is 0 Å². The average Bonchev–Trinajstić information content (AvgIpc) is 2.99. The number of thioether (sulfide) groups is 1. The van der Waals surface area contributed by atoms with E-state index in [1.165, 1.54) is 18.3 Å². The maximum absolute atomic E-state index is 12.5. The fourth-order valence-corrected chi connectivity index (χ4v) is 3.01. The van der Waals surface area contributed by atoms with Crippen molar-refractivity contribution < 1.29 is 18.0 Å². The maximum atomic E-state index is 12.5. The number of fused-ring (bicyclic) bond motifs is 1. The highest BCUT2D eigenvalue weighted by atomic mass is 32.2. The van der Waals surface area contributed by atoms with E-state index < -0.39 is 11.9 Å². The maximum Gasteiger partial charge on any atom is 0.398 e. The standard InChI is InChI=1S/C14H13F3N4OS/c15-14(16,17)8-23-12-5-9(1-3-18-12)13(22)21-4-2-11-10(7-21)6-19-20-11/h1,3,5-6H,2,4,7-8H2,(H,19,20). The van der Waals surface area contributed by atoms with Crippen LogP contribution >= 0.6 is 11.8 Å². The van der Waals surface area contributed by atoms with Gasteiger partial charge in [-0.25, -0.2) is 4.98 Å². The Morgan fingerprint density at radius 1 is 1.43 bits per heavy atom. The molecule has 3 heterocycles. The summed E-state index contributed by atoms with van der Waals surface area (Å²) in [6.07, 6.45) is -0.538. The van der Waals surface area contributed by atoms with Crippen molar-refractivity contribution in [2.24, 2.45) is 0 Å². The topological polar surface area (TPSA) is 61.9 Å². The lowest BCUT2D eigenvalue weighted by atomic mass is 10.1. The van der Waals surface area contributed by atoms with Crippen LogP contribution < -0.4 is 0 Å². The molecule has 0 bridgehead atoms. The minimum Gasteiger partial charge on any atom is -0.334 e. The number of nitrogens with one attached hydrogen (secondary N) is 1. The van der Waals surface area contributed by atoms with Crippen molar-refractivity contribution in [3.63, 3.8) is 0 Å². The number of alkyl halides is 3. The average molecular weight is 342 g/mol. The lowest BCUT2D eigenvalue weighted by Crippen LogP contribution is -2.35. The molecule has 0 aliphatic carbocycles. The monoisotopic (exact) mass is 342 g/mol. The van der Waals surface area contributed by atoms with Crippen LogP contribution in [0.1, 0.15) is 21.6 Å². The lowest BCUT2D eigenvalue weighted by molar-refractivity contribution is -0.105. The first-order valence-corrected chi connectivity index (χ1v) is 7.87. The Morgan fingerprint density at radius 3 is 3.04 bits per heavy atom. The molecule has 0 saturated carbocycles. The van der Waals surface area contributed by atoms with Crippen molar-refractivity contribution in [1.82, 2.24) is 20.1 Å². The molecule has 3 rings (SSSR count). The molecular weight excluding hydrogens is 329 g/mol. The van der Waals surface area contributed by atoms with Crippen LogP contribution in [0.15, 0.2) is 29.6 Å². The zero-order chi connectivity index (χ0) is 16.4. The molecule has 0 radical (unpaired) electrons. The van der Waals surface area contributed by atoms with Gasteiger partial charge in [-0.3, -0.25) is 9.89 Å². The molecule has 1 aliphatic heterocycles. The van der Waals surface area contributed by atoms with Gasteiger partial charge in [0.25, 0.3) is 5.91 Å². The van der Waals surface area contributed by atoms with E-state index in [-0.39, 0.29) is 10.9 Å². The lowest BCUT2D eigenvalue weighted by Gasteiger charge is -2.26. The van der Waals surface area contributed by atoms with Crippen LogP contribution in [0.4, 0.5) is 13.2 Å². The summed E-state index contributed by atoms with van der Waals surface area (Å²) in [7, 11) is 0. The van der Waals surface area contributed by atoms with Crippen molar-refractivity contribution >= 4 is 17.7 Å². The molecule has 9 heteroatoms. The number of aromatic nitrogens is 3. The fourth-order valence-electron chi connectivity index (χ4n) is 2.36. The van der Waals surface area contributed by atoms with E-state index in [0.29, 0.717) is 36.8 Å². The largest absolute Gasteiger partial charge is 0.398 e. The summed E-state index contributed by atoms with van der Waals surface area (Å²) in [5.74, 6) is -1.24. The highest BCUT2D eigenvalue weighted by Crippen LogP contribution is 2.27. The summed E-state index contributed by atoms with van der Waals surface area (Å²) in [5, 5.41) is 7.03. The Hall–Kier alpha value is -2.03. The van der Waals surface area contributed by atoms with Crippen molar-refractivity contribution in [1.29, 1.82) is 0 Å². The predicted octanol–water partition coefficient (Wildman–Crippen LogP) is 2.66. The second kappa shape index (κ2) is 6.23. The Balaban J connectivity index is 1.70. The molecule has 1 aliphatic rings. The molecule has 2 aromatic heterocycles. The number of pyridine rings is 1. The zero-order valence-corrected chi connectivity index (χ0v) is 12.7. The quantitative estimate of drug-likeness (QED) is 0.871. The van der Waals surface area contributed by atoms with Crippen molar-refractivity contribution in [2.45, 2.75) is 24.2 Å². The van der Waals surface area contributed by atoms with Crippen LogP contribution in [-0.2, 0) is 13.0 Å². The number of hydrogen-bond donors (Lipinski definition) is 1. The summed E-state index contributed by atoms with van der Waals surface area (Å²) >= 11 is 0.574. The number of hydrogen-bond acceptors (Lipinski definition) is 4. The molecule has 1 N–H and O–H groups in total. The molecule has 2 aromatic rings. The summed E-state index contributed by atoms with van der Waals surface area (Å²) in [6, 6.07) is 2.93. The normalized spacial score (nSPS) is 14.7. The van der Waals surface area contributed by atoms with Gasteiger partial charge in [0.2, 0.25) is 0 Å². The highest BCUT2D eigenvalue weighted by Gasteiger charge is 2.28. The van der Waals surface area contributed by atoms with E-state index in [1.807, 2.05) is 0 Å². The smallest absolute Gasteiger partial charge is 0.334 e. The van der Waals surface area contributed by atoms with Crippen LogP contribution in [0.5, 0.6) is 0 Å². The SMILES string of the molecule is O=C(c1ccnc(SCC(F)(F)F)c1)N1CCc2[nH]ncc2C1. The summed E-state index contributed by atoms with van der Waals surface area (Å²) in [6.45, 7) is 0.986. The highest BCUT2D eigenvalue weighted by molar-refractivity contribution is 7.99. The van der Waals surface area contributed by atoms with E-state index in [2.05, 4.69) is 15.2 Å². The first-order chi connectivity index (χ1) is 10.9. The summed E-state index contributed by atoms with van der Waals surface area (Å²) < 4.78 is 36.8. The second-order valence-electron chi connectivity index (χ2n) is 5.14. The van der Waals surface area contributed by atoms with E-state index in [4.69, 9.17) is 0 Å². The summed E-state index contributed by atoms with van der Waals surface area (Å²) in [5.41, 5.74) is 2.33. The van der Waals surface area contributed by atoms with Gasteiger partial charge >= 0.3 is 6.18 Å². The van der Waals surface area contributed by atoms with Gasteiger partial charge in [-0.2, -0.15) is 18.3 Å². The molecule has 23 heavy (non-hydrogen) atoms. The first kappa shape index (κ1) is 15.9. The van der Waals surface area contributed by atoms with Crippen LogP contribution in [0.2, 0.25) is 0 Å². The van der Waals surface area contributed by atoms with Gasteiger partial charge in [0.05, 0.1) is 17.0 Å². The molecule has 0 unspecified atom stereocenters. The van der Waals surface area contributed by atoms with Crippen LogP contribution in [0.3, 0.4) is 0 Å². The molecule has 0 aromatic carbocycles. The Labute approximate surface area is 134 Å². The Kier molecular flexibility index (Phi) is 4.29. The van der Waals surface area contributed by atoms with Crippen molar-refractivity contribution in [3.05, 3.63) is 41.3 Å². The molecule has 0 spiro atoms. The van der Waals surface area contributed by atoms with E-state index in [0.717, 1.165) is 11.3 Å². The van der Waals surface area contributed by atoms with Crippen LogP contribution in [0.25, 0.3) is 0 Å². The zero-order valence-electron chi connectivity index (χ0n) is 11.9. The molecule has 0 fully saturated rings. The third-order valence-electron chi connectivity index (χ3n) is 3.45. The van der Waals surface area contributed by atoms with Gasteiger partial charge in [-0.1, -0.05) is 11.8 Å². The minimum absolute atomic E-state index is 0.189. The molecular formula is C14H13F3N4OS. The number of amides is 1. The molecule has 0 saturated heterocycles. The predicted molar refractivity (Wildman–Crippen MR) is 78.0 cm³/mol. The molecule has 122 valence electrons. The second-order valence-corrected chi connectivity index (χ2v) is 6.13. The Bertz CT molecular complexity index is 716. The van der Waals surface area contributed by atoms with Gasteiger partial charge in [0.15, 0.2) is 0 Å². The fraction of sp³-hybridized carbons (Fsp3) is 0.357. The number of aromatic amines is 1. The molecule has 1 amide bonds. The third kappa shape index (κ3) is 3.84. The van der Waals surface area contributed by atoms with Gasteiger partial charge in [0, 0.05) is 42.5 Å². The number of rotatable bonds is 3. The number of halogens is 3. The molecule has 5 nitrogen and oxygen atoms in total. The third-order valence-corrected chi connectivity index (χ3v) is 4.44. The van der Waals surface area contributed by atoms with E-state index in [1.54, 1.807) is 11.1 Å². The number of carbonyl (C=O) groups excluding carboxylic acids is 1. The first-order valence-electron chi connectivity index (χ1n) is 6.88. The van der Waals surface area contributed by atoms with Crippen LogP contribution in [0, 0.1) is 0 Å². The summed E-state index contributed by atoms with van der Waals surface area (Å²) in [4.78, 5) is 18.1.